The van der Waals surface area contributed by atoms with Crippen molar-refractivity contribution < 1.29 is 28.2 Å². The first-order chi connectivity index (χ1) is 16.1. The molecule has 33 heavy (non-hydrogen) atoms. The molecule has 1 saturated carbocycles. The third-order valence-electron chi connectivity index (χ3n) is 5.61. The van der Waals surface area contributed by atoms with Crippen molar-refractivity contribution in [3.8, 4) is 22.3 Å². The molecule has 0 radical (unpaired) electrons. The van der Waals surface area contributed by atoms with E-state index in [9.17, 15) is 9.59 Å². The van der Waals surface area contributed by atoms with Gasteiger partial charge in [-0.15, -0.1) is 11.3 Å². The van der Waals surface area contributed by atoms with Gasteiger partial charge in [-0.25, -0.2) is 9.78 Å². The van der Waals surface area contributed by atoms with Gasteiger partial charge in [-0.1, -0.05) is 25.3 Å². The first kappa shape index (κ1) is 22.8. The quantitative estimate of drug-likeness (QED) is 0.446. The van der Waals surface area contributed by atoms with Crippen molar-refractivity contribution in [1.29, 1.82) is 0 Å². The number of ether oxygens (including phenoxy) is 3. The maximum Gasteiger partial charge on any atom is 0.340 e. The summed E-state index contributed by atoms with van der Waals surface area (Å²) in [5, 5.41) is 4.83. The number of esters is 1. The van der Waals surface area contributed by atoms with Crippen molar-refractivity contribution in [3.63, 3.8) is 0 Å². The highest BCUT2D eigenvalue weighted by molar-refractivity contribution is 7.13. The van der Waals surface area contributed by atoms with Crippen molar-refractivity contribution >= 4 is 28.9 Å². The molecule has 1 aromatic carbocycles. The third kappa shape index (κ3) is 5.36. The average molecular weight is 471 g/mol. The van der Waals surface area contributed by atoms with Crippen molar-refractivity contribution in [1.82, 2.24) is 4.98 Å². The van der Waals surface area contributed by atoms with Gasteiger partial charge in [-0.05, 0) is 24.3 Å². The second kappa shape index (κ2) is 10.5. The van der Waals surface area contributed by atoms with Crippen LogP contribution in [0.25, 0.3) is 10.8 Å². The summed E-state index contributed by atoms with van der Waals surface area (Å²) < 4.78 is 21.6. The SMILES string of the molecule is COc1cc(NC(=O)C2CCCCC2)c(C(=O)OCc2coc(-c3cccs3)n2)cc1OC. The molecule has 0 saturated heterocycles. The lowest BCUT2D eigenvalue weighted by Crippen LogP contribution is -2.26. The number of hydrogen-bond donors (Lipinski definition) is 1. The maximum atomic E-state index is 13.0. The van der Waals surface area contributed by atoms with E-state index in [0.29, 0.717) is 28.8 Å². The molecule has 3 aromatic rings. The fourth-order valence-corrected chi connectivity index (χ4v) is 4.51. The van der Waals surface area contributed by atoms with Gasteiger partial charge < -0.3 is 23.9 Å². The van der Waals surface area contributed by atoms with Crippen LogP contribution in [0, 0.1) is 5.92 Å². The molecule has 1 N–H and O–H groups in total. The van der Waals surface area contributed by atoms with Crippen molar-refractivity contribution in [2.45, 2.75) is 38.7 Å². The number of amides is 1. The molecule has 2 aromatic heterocycles. The number of carbonyl (C=O) groups excluding carboxylic acids is 2. The van der Waals surface area contributed by atoms with Crippen molar-refractivity contribution in [3.05, 3.63) is 47.2 Å². The number of oxazole rings is 1. The number of nitrogens with zero attached hydrogens (tertiary/aromatic N) is 1. The Morgan fingerprint density at radius 1 is 1.15 bits per heavy atom. The van der Waals surface area contributed by atoms with Crippen LogP contribution in [0.2, 0.25) is 0 Å². The van der Waals surface area contributed by atoms with Gasteiger partial charge >= 0.3 is 5.97 Å². The van der Waals surface area contributed by atoms with Gasteiger partial charge in [0, 0.05) is 18.1 Å². The van der Waals surface area contributed by atoms with Crippen LogP contribution in [0.4, 0.5) is 5.69 Å². The molecule has 0 atom stereocenters. The summed E-state index contributed by atoms with van der Waals surface area (Å²) in [7, 11) is 2.98. The number of nitrogens with one attached hydrogen (secondary N) is 1. The smallest absolute Gasteiger partial charge is 0.340 e. The molecule has 4 rings (SSSR count). The van der Waals surface area contributed by atoms with Gasteiger partial charge in [0.2, 0.25) is 11.8 Å². The summed E-state index contributed by atoms with van der Waals surface area (Å²) >= 11 is 1.51. The Labute approximate surface area is 195 Å². The normalized spacial score (nSPS) is 14.0. The highest BCUT2D eigenvalue weighted by atomic mass is 32.1. The molecule has 1 aliphatic rings. The highest BCUT2D eigenvalue weighted by Crippen LogP contribution is 2.35. The zero-order valence-electron chi connectivity index (χ0n) is 18.6. The van der Waals surface area contributed by atoms with Gasteiger partial charge in [0.25, 0.3) is 0 Å². The van der Waals surface area contributed by atoms with Gasteiger partial charge in [0.15, 0.2) is 11.5 Å². The van der Waals surface area contributed by atoms with Crippen LogP contribution >= 0.6 is 11.3 Å². The van der Waals surface area contributed by atoms with E-state index >= 15 is 0 Å². The Hall–Kier alpha value is -3.33. The standard InChI is InChI=1S/C24H26N2O6S/c1-29-19-11-17(18(12-20(19)30-2)26-22(27)15-7-4-3-5-8-15)24(28)32-14-16-13-31-23(25-16)21-9-6-10-33-21/h6,9-13,15H,3-5,7-8,14H2,1-2H3,(H,26,27). The van der Waals surface area contributed by atoms with Crippen LogP contribution < -0.4 is 14.8 Å². The largest absolute Gasteiger partial charge is 0.493 e. The Bertz CT molecular complexity index is 1100. The minimum atomic E-state index is -0.615. The summed E-state index contributed by atoms with van der Waals surface area (Å²) in [6, 6.07) is 6.90. The first-order valence-electron chi connectivity index (χ1n) is 10.8. The van der Waals surface area contributed by atoms with Crippen LogP contribution in [0.5, 0.6) is 11.5 Å². The molecule has 8 nitrogen and oxygen atoms in total. The number of methoxy groups -OCH3 is 2. The van der Waals surface area contributed by atoms with Gasteiger partial charge in [-0.2, -0.15) is 0 Å². The molecule has 0 spiro atoms. The number of rotatable bonds is 8. The average Bonchev–Trinajstić information content (AvgIpc) is 3.55. The van der Waals surface area contributed by atoms with Crippen LogP contribution in [0.15, 0.2) is 40.3 Å². The van der Waals surface area contributed by atoms with E-state index in [4.69, 9.17) is 18.6 Å². The second-order valence-corrected chi connectivity index (χ2v) is 8.72. The lowest BCUT2D eigenvalue weighted by molar-refractivity contribution is -0.120. The molecule has 9 heteroatoms. The third-order valence-corrected chi connectivity index (χ3v) is 6.47. The van der Waals surface area contributed by atoms with E-state index in [1.807, 2.05) is 17.5 Å². The predicted octanol–water partition coefficient (Wildman–Crippen LogP) is 5.30. The Morgan fingerprint density at radius 2 is 1.91 bits per heavy atom. The predicted molar refractivity (Wildman–Crippen MR) is 124 cm³/mol. The van der Waals surface area contributed by atoms with Crippen LogP contribution in [-0.4, -0.2) is 31.1 Å². The molecule has 0 bridgehead atoms. The van der Waals surface area contributed by atoms with Crippen LogP contribution in [0.3, 0.4) is 0 Å². The van der Waals surface area contributed by atoms with E-state index in [2.05, 4.69) is 10.3 Å². The van der Waals surface area contributed by atoms with Crippen LogP contribution in [-0.2, 0) is 16.1 Å². The minimum Gasteiger partial charge on any atom is -0.493 e. The zero-order valence-corrected chi connectivity index (χ0v) is 19.4. The van der Waals surface area contributed by atoms with Crippen molar-refractivity contribution in [2.24, 2.45) is 5.92 Å². The Morgan fingerprint density at radius 3 is 2.61 bits per heavy atom. The zero-order chi connectivity index (χ0) is 23.2. The topological polar surface area (TPSA) is 99.9 Å². The van der Waals surface area contributed by atoms with Gasteiger partial charge in [-0.3, -0.25) is 4.79 Å². The summed E-state index contributed by atoms with van der Waals surface area (Å²) in [5.41, 5.74) is 0.992. The number of aromatic nitrogens is 1. The summed E-state index contributed by atoms with van der Waals surface area (Å²) in [5.74, 6) is 0.458. The number of thiophene rings is 1. The number of hydrogen-bond acceptors (Lipinski definition) is 8. The van der Waals surface area contributed by atoms with E-state index < -0.39 is 5.97 Å². The lowest BCUT2D eigenvalue weighted by atomic mass is 9.88. The van der Waals surface area contributed by atoms with Gasteiger partial charge in [0.1, 0.15) is 18.6 Å². The lowest BCUT2D eigenvalue weighted by Gasteiger charge is -2.22. The molecule has 1 fully saturated rings. The monoisotopic (exact) mass is 470 g/mol. The van der Waals surface area contributed by atoms with E-state index in [0.717, 1.165) is 37.0 Å². The molecule has 0 aliphatic heterocycles. The fraction of sp³-hybridized carbons (Fsp3) is 0.375. The second-order valence-electron chi connectivity index (χ2n) is 7.77. The molecular formula is C24H26N2O6S. The highest BCUT2D eigenvalue weighted by Gasteiger charge is 2.25. The van der Waals surface area contributed by atoms with E-state index in [-0.39, 0.29) is 24.0 Å². The summed E-state index contributed by atoms with van der Waals surface area (Å²) in [4.78, 5) is 31.1. The molecule has 2 heterocycles. The van der Waals surface area contributed by atoms with Crippen molar-refractivity contribution in [2.75, 3.05) is 19.5 Å². The summed E-state index contributed by atoms with van der Waals surface area (Å²) in [6.45, 7) is -0.0714. The van der Waals surface area contributed by atoms with E-state index in [1.165, 1.54) is 37.9 Å². The summed E-state index contributed by atoms with van der Waals surface area (Å²) in [6.07, 6.45) is 6.36. The number of anilines is 1. The minimum absolute atomic E-state index is 0.0680. The Balaban J connectivity index is 1.51. The molecular weight excluding hydrogens is 444 g/mol. The molecule has 174 valence electrons. The first-order valence-corrected chi connectivity index (χ1v) is 11.7. The molecule has 1 aliphatic carbocycles. The molecule has 1 amide bonds. The number of benzene rings is 1. The Kier molecular flexibility index (Phi) is 7.29. The van der Waals surface area contributed by atoms with E-state index in [1.54, 1.807) is 6.07 Å². The van der Waals surface area contributed by atoms with Crippen LogP contribution in [0.1, 0.15) is 48.2 Å². The van der Waals surface area contributed by atoms with Gasteiger partial charge in [0.05, 0.1) is 30.3 Å². The maximum absolute atomic E-state index is 13.0. The molecule has 0 unspecified atom stereocenters. The number of carbonyl (C=O) groups is 2. The fourth-order valence-electron chi connectivity index (χ4n) is 3.85.